The van der Waals surface area contributed by atoms with Gasteiger partial charge in [0, 0.05) is 37.6 Å². The van der Waals surface area contributed by atoms with Crippen LogP contribution >= 0.6 is 11.3 Å². The minimum atomic E-state index is 0.156. The Morgan fingerprint density at radius 2 is 2.03 bits per heavy atom. The minimum Gasteiger partial charge on any atom is -0.491 e. The summed E-state index contributed by atoms with van der Waals surface area (Å²) in [6, 6.07) is 6.36. The highest BCUT2D eigenvalue weighted by Crippen LogP contribution is 2.22. The third-order valence-corrected chi connectivity index (χ3v) is 6.40. The number of ether oxygens (including phenoxy) is 1. The first-order valence-electron chi connectivity index (χ1n) is 11.3. The molecule has 0 amide bonds. The van der Waals surface area contributed by atoms with Crippen LogP contribution in [0.4, 0.5) is 0 Å². The molecular formula is C24H37N5OS. The van der Waals surface area contributed by atoms with E-state index in [9.17, 15) is 0 Å². The number of aromatic nitrogens is 1. The highest BCUT2D eigenvalue weighted by Gasteiger charge is 2.20. The third kappa shape index (κ3) is 7.51. The third-order valence-electron chi connectivity index (χ3n) is 5.57. The standard InChI is InChI=1S/C24H37N5OS/c1-17(2)30-23-12-18(3)6-7-21(23)14-27-24(25-5)26-13-20-8-10-29(11-9-20)15-22-16-31-19(4)28-22/h6-7,12,16-17,20H,8-11,13-15H2,1-5H3,(H2,25,26,27). The van der Waals surface area contributed by atoms with E-state index in [1.807, 2.05) is 7.05 Å². The summed E-state index contributed by atoms with van der Waals surface area (Å²) in [6.07, 6.45) is 2.57. The Balaban J connectivity index is 1.42. The molecule has 2 heterocycles. The van der Waals surface area contributed by atoms with Crippen LogP contribution in [0.15, 0.2) is 28.6 Å². The van der Waals surface area contributed by atoms with E-state index >= 15 is 0 Å². The average Bonchev–Trinajstić information content (AvgIpc) is 3.14. The number of thiazole rings is 1. The number of hydrogen-bond donors (Lipinski definition) is 2. The number of guanidine groups is 1. The van der Waals surface area contributed by atoms with Crippen molar-refractivity contribution in [3.63, 3.8) is 0 Å². The van der Waals surface area contributed by atoms with Crippen LogP contribution in [0.2, 0.25) is 0 Å². The lowest BCUT2D eigenvalue weighted by Crippen LogP contribution is -2.42. The van der Waals surface area contributed by atoms with Gasteiger partial charge >= 0.3 is 0 Å². The van der Waals surface area contributed by atoms with E-state index in [0.717, 1.165) is 48.5 Å². The van der Waals surface area contributed by atoms with Crippen molar-refractivity contribution in [2.75, 3.05) is 26.7 Å². The molecule has 0 spiro atoms. The largest absolute Gasteiger partial charge is 0.491 e. The van der Waals surface area contributed by atoms with Crippen LogP contribution < -0.4 is 15.4 Å². The molecule has 1 aromatic carbocycles. The van der Waals surface area contributed by atoms with Gasteiger partial charge in [-0.3, -0.25) is 9.89 Å². The van der Waals surface area contributed by atoms with E-state index < -0.39 is 0 Å². The van der Waals surface area contributed by atoms with E-state index in [1.165, 1.54) is 24.1 Å². The number of likely N-dealkylation sites (tertiary alicyclic amines) is 1. The normalized spacial score (nSPS) is 16.0. The van der Waals surface area contributed by atoms with Crippen molar-refractivity contribution in [3.05, 3.63) is 45.4 Å². The van der Waals surface area contributed by atoms with Gasteiger partial charge < -0.3 is 15.4 Å². The number of aryl methyl sites for hydroxylation is 2. The van der Waals surface area contributed by atoms with Crippen LogP contribution in [0.5, 0.6) is 5.75 Å². The van der Waals surface area contributed by atoms with Gasteiger partial charge in [0.1, 0.15) is 5.75 Å². The second kappa shape index (κ2) is 11.5. The number of rotatable bonds is 8. The highest BCUT2D eigenvalue weighted by atomic mass is 32.1. The molecule has 0 unspecified atom stereocenters. The van der Waals surface area contributed by atoms with Crippen molar-refractivity contribution in [1.29, 1.82) is 0 Å². The SMILES string of the molecule is CN=C(NCc1ccc(C)cc1OC(C)C)NCC1CCN(Cc2csc(C)n2)CC1. The molecule has 0 saturated carbocycles. The average molecular weight is 444 g/mol. The van der Waals surface area contributed by atoms with Crippen LogP contribution in [0, 0.1) is 19.8 Å². The number of nitrogens with zero attached hydrogens (tertiary/aromatic N) is 3. The molecule has 1 aromatic heterocycles. The molecular weight excluding hydrogens is 406 g/mol. The zero-order chi connectivity index (χ0) is 22.2. The van der Waals surface area contributed by atoms with Gasteiger partial charge in [0.05, 0.1) is 16.8 Å². The smallest absolute Gasteiger partial charge is 0.191 e. The number of piperidine rings is 1. The zero-order valence-corrected chi connectivity index (χ0v) is 20.4. The Hall–Kier alpha value is -2.12. The van der Waals surface area contributed by atoms with Crippen molar-refractivity contribution >= 4 is 17.3 Å². The number of nitrogens with one attached hydrogen (secondary N) is 2. The van der Waals surface area contributed by atoms with Crippen molar-refractivity contribution in [3.8, 4) is 5.75 Å². The lowest BCUT2D eigenvalue weighted by Gasteiger charge is -2.31. The van der Waals surface area contributed by atoms with Gasteiger partial charge in [0.25, 0.3) is 0 Å². The summed E-state index contributed by atoms with van der Waals surface area (Å²) in [4.78, 5) is 11.5. The fourth-order valence-corrected chi connectivity index (χ4v) is 4.47. The first kappa shape index (κ1) is 23.5. The summed E-state index contributed by atoms with van der Waals surface area (Å²) < 4.78 is 5.99. The molecule has 6 nitrogen and oxygen atoms in total. The van der Waals surface area contributed by atoms with Gasteiger partial charge in [-0.05, 0) is 71.2 Å². The summed E-state index contributed by atoms with van der Waals surface area (Å²) in [5.74, 6) is 2.46. The molecule has 1 aliphatic heterocycles. The second-order valence-electron chi connectivity index (χ2n) is 8.66. The monoisotopic (exact) mass is 443 g/mol. The molecule has 31 heavy (non-hydrogen) atoms. The topological polar surface area (TPSA) is 61.8 Å². The molecule has 1 saturated heterocycles. The lowest BCUT2D eigenvalue weighted by molar-refractivity contribution is 0.176. The number of hydrogen-bond acceptors (Lipinski definition) is 5. The molecule has 2 N–H and O–H groups in total. The van der Waals surface area contributed by atoms with E-state index in [1.54, 1.807) is 11.3 Å². The van der Waals surface area contributed by atoms with E-state index in [2.05, 4.69) is 76.8 Å². The molecule has 1 fully saturated rings. The summed E-state index contributed by atoms with van der Waals surface area (Å²) in [5, 5.41) is 10.3. The van der Waals surface area contributed by atoms with Crippen LogP contribution in [0.3, 0.4) is 0 Å². The van der Waals surface area contributed by atoms with E-state index in [4.69, 9.17) is 4.74 Å². The van der Waals surface area contributed by atoms with Gasteiger partial charge in [-0.15, -0.1) is 11.3 Å². The minimum absolute atomic E-state index is 0.156. The predicted octanol–water partition coefficient (Wildman–Crippen LogP) is 4.12. The maximum Gasteiger partial charge on any atom is 0.191 e. The first-order chi connectivity index (χ1) is 14.9. The molecule has 0 bridgehead atoms. The molecule has 2 aromatic rings. The van der Waals surface area contributed by atoms with E-state index in [0.29, 0.717) is 12.5 Å². The fraction of sp³-hybridized carbons (Fsp3) is 0.583. The predicted molar refractivity (Wildman–Crippen MR) is 130 cm³/mol. The lowest BCUT2D eigenvalue weighted by atomic mass is 9.97. The summed E-state index contributed by atoms with van der Waals surface area (Å²) in [6.45, 7) is 13.2. The van der Waals surface area contributed by atoms with Crippen LogP contribution in [-0.2, 0) is 13.1 Å². The van der Waals surface area contributed by atoms with Gasteiger partial charge in [-0.2, -0.15) is 0 Å². The highest BCUT2D eigenvalue weighted by molar-refractivity contribution is 7.09. The maximum atomic E-state index is 5.99. The molecule has 0 radical (unpaired) electrons. The maximum absolute atomic E-state index is 5.99. The van der Waals surface area contributed by atoms with Crippen LogP contribution in [-0.4, -0.2) is 48.6 Å². The Kier molecular flexibility index (Phi) is 8.72. The van der Waals surface area contributed by atoms with Crippen molar-refractivity contribution < 1.29 is 4.74 Å². The van der Waals surface area contributed by atoms with Crippen molar-refractivity contribution in [1.82, 2.24) is 20.5 Å². The Labute approximate surface area is 191 Å². The summed E-state index contributed by atoms with van der Waals surface area (Å²) >= 11 is 1.74. The Morgan fingerprint density at radius 1 is 1.26 bits per heavy atom. The Morgan fingerprint density at radius 3 is 2.68 bits per heavy atom. The van der Waals surface area contributed by atoms with Gasteiger partial charge in [-0.1, -0.05) is 12.1 Å². The molecule has 1 aliphatic rings. The molecule has 7 heteroatoms. The van der Waals surface area contributed by atoms with Crippen molar-refractivity contribution in [2.24, 2.45) is 10.9 Å². The molecule has 0 atom stereocenters. The summed E-state index contributed by atoms with van der Waals surface area (Å²) in [5.41, 5.74) is 3.56. The number of benzene rings is 1. The summed E-state index contributed by atoms with van der Waals surface area (Å²) in [7, 11) is 1.83. The van der Waals surface area contributed by atoms with Crippen LogP contribution in [0.25, 0.3) is 0 Å². The molecule has 0 aliphatic carbocycles. The fourth-order valence-electron chi connectivity index (χ4n) is 3.87. The Bertz CT molecular complexity index is 855. The van der Waals surface area contributed by atoms with Gasteiger partial charge in [0.2, 0.25) is 0 Å². The molecule has 3 rings (SSSR count). The van der Waals surface area contributed by atoms with Gasteiger partial charge in [-0.25, -0.2) is 4.98 Å². The first-order valence-corrected chi connectivity index (χ1v) is 12.1. The van der Waals surface area contributed by atoms with Crippen LogP contribution in [0.1, 0.15) is 48.5 Å². The zero-order valence-electron chi connectivity index (χ0n) is 19.6. The number of aliphatic imine (C=N–C) groups is 1. The van der Waals surface area contributed by atoms with Crippen molar-refractivity contribution in [2.45, 2.75) is 59.7 Å². The molecule has 170 valence electrons. The van der Waals surface area contributed by atoms with E-state index in [-0.39, 0.29) is 6.10 Å². The quantitative estimate of drug-likeness (QED) is 0.475. The van der Waals surface area contributed by atoms with Gasteiger partial charge in [0.15, 0.2) is 5.96 Å². The second-order valence-corrected chi connectivity index (χ2v) is 9.72.